The molecule has 2 nitrogen and oxygen atoms in total. The molecule has 0 N–H and O–H groups in total. The van der Waals surface area contributed by atoms with Crippen molar-refractivity contribution in [1.82, 2.24) is 0 Å². The standard InChI is InChI=1S/C8H12O2Si/c1-9-11(10-2)8-6-4-3-5-7-8/h3-7,11H,1-2H3/p+1. The number of benzene rings is 1. The molecule has 0 aliphatic carbocycles. The Morgan fingerprint density at radius 2 is 1.64 bits per heavy atom. The predicted octanol–water partition coefficient (Wildman–Crippen LogP) is 0.519. The molecule has 0 atom stereocenters. The van der Waals surface area contributed by atoms with Crippen molar-refractivity contribution in [2.45, 2.75) is 0 Å². The molecule has 0 bridgehead atoms. The van der Waals surface area contributed by atoms with Crippen LogP contribution in [0.2, 0.25) is 0 Å². The Morgan fingerprint density at radius 3 is 2.09 bits per heavy atom. The first kappa shape index (κ1) is 8.45. The van der Waals surface area contributed by atoms with Gasteiger partial charge in [0.1, 0.15) is 0 Å². The molecule has 0 fully saturated rings. The zero-order valence-corrected chi connectivity index (χ0v) is 7.94. The molecule has 0 aliphatic rings. The summed E-state index contributed by atoms with van der Waals surface area (Å²) in [5.41, 5.74) is 0. The highest BCUT2D eigenvalue weighted by atomic mass is 28.3. The minimum absolute atomic E-state index is 0. The van der Waals surface area contributed by atoms with Crippen molar-refractivity contribution in [3.8, 4) is 0 Å². The number of rotatable bonds is 3. The second kappa shape index (κ2) is 4.28. The van der Waals surface area contributed by atoms with E-state index in [1.165, 1.54) is 5.19 Å². The lowest BCUT2D eigenvalue weighted by Crippen LogP contribution is -2.34. The summed E-state index contributed by atoms with van der Waals surface area (Å²) in [6.07, 6.45) is 0. The van der Waals surface area contributed by atoms with Gasteiger partial charge in [-0.3, -0.25) is 0 Å². The number of hydrogen-bond donors (Lipinski definition) is 0. The van der Waals surface area contributed by atoms with Crippen LogP contribution in [-0.4, -0.2) is 23.5 Å². The van der Waals surface area contributed by atoms with E-state index in [1.807, 2.05) is 30.3 Å². The summed E-state index contributed by atoms with van der Waals surface area (Å²) >= 11 is 0. The summed E-state index contributed by atoms with van der Waals surface area (Å²) in [7, 11) is 1.83. The molecule has 0 saturated carbocycles. The van der Waals surface area contributed by atoms with E-state index in [4.69, 9.17) is 8.85 Å². The molecule has 1 aromatic carbocycles. The molecule has 0 aliphatic heterocycles. The van der Waals surface area contributed by atoms with E-state index in [2.05, 4.69) is 0 Å². The topological polar surface area (TPSA) is 18.5 Å². The van der Waals surface area contributed by atoms with Crippen molar-refractivity contribution in [3.63, 3.8) is 0 Å². The molecule has 0 radical (unpaired) electrons. The quantitative estimate of drug-likeness (QED) is 0.614. The Labute approximate surface area is 70.1 Å². The molecular weight excluding hydrogens is 156 g/mol. The lowest BCUT2D eigenvalue weighted by molar-refractivity contribution is 0.292. The van der Waals surface area contributed by atoms with Gasteiger partial charge in [0.25, 0.3) is 0 Å². The van der Waals surface area contributed by atoms with E-state index < -0.39 is 9.28 Å². The highest BCUT2D eigenvalue weighted by Crippen LogP contribution is 1.89. The van der Waals surface area contributed by atoms with Crippen LogP contribution in [0.5, 0.6) is 0 Å². The normalized spacial score (nSPS) is 10.5. The van der Waals surface area contributed by atoms with Gasteiger partial charge in [-0.1, -0.05) is 30.3 Å². The van der Waals surface area contributed by atoms with E-state index in [-0.39, 0.29) is 1.43 Å². The summed E-state index contributed by atoms with van der Waals surface area (Å²) < 4.78 is 10.4. The fourth-order valence-corrected chi connectivity index (χ4v) is 2.25. The minimum Gasteiger partial charge on any atom is -0.397 e. The maximum Gasteiger partial charge on any atom is 1.00 e. The average molecular weight is 169 g/mol. The van der Waals surface area contributed by atoms with Gasteiger partial charge in [-0.15, -0.1) is 0 Å². The van der Waals surface area contributed by atoms with Gasteiger partial charge in [0.15, 0.2) is 0 Å². The van der Waals surface area contributed by atoms with Gasteiger partial charge < -0.3 is 8.85 Å². The van der Waals surface area contributed by atoms with Crippen LogP contribution >= 0.6 is 0 Å². The summed E-state index contributed by atoms with van der Waals surface area (Å²) in [6.45, 7) is 0. The highest BCUT2D eigenvalue weighted by Gasteiger charge is 2.10. The summed E-state index contributed by atoms with van der Waals surface area (Å²) in [5, 5.41) is 1.18. The second-order valence-electron chi connectivity index (χ2n) is 2.21. The van der Waals surface area contributed by atoms with Crippen LogP contribution in [0.4, 0.5) is 0 Å². The molecule has 0 spiro atoms. The van der Waals surface area contributed by atoms with Crippen molar-refractivity contribution in [1.29, 1.82) is 0 Å². The predicted molar refractivity (Wildman–Crippen MR) is 48.4 cm³/mol. The molecule has 1 rings (SSSR count). The van der Waals surface area contributed by atoms with Gasteiger partial charge in [-0.2, -0.15) is 0 Å². The zero-order valence-electron chi connectivity index (χ0n) is 7.78. The first-order chi connectivity index (χ1) is 5.38. The fraction of sp³-hybridized carbons (Fsp3) is 0.250. The highest BCUT2D eigenvalue weighted by molar-refractivity contribution is 6.61. The van der Waals surface area contributed by atoms with E-state index in [1.54, 1.807) is 14.2 Å². The number of hydrogen-bond acceptors (Lipinski definition) is 2. The average Bonchev–Trinajstić information content (AvgIpc) is 2.09. The van der Waals surface area contributed by atoms with Crippen molar-refractivity contribution in [3.05, 3.63) is 30.3 Å². The van der Waals surface area contributed by atoms with Crippen molar-refractivity contribution in [2.24, 2.45) is 0 Å². The van der Waals surface area contributed by atoms with Gasteiger partial charge in [0.2, 0.25) is 0 Å². The summed E-state index contributed by atoms with van der Waals surface area (Å²) in [6, 6.07) is 10.0. The fourth-order valence-electron chi connectivity index (χ4n) is 0.979. The third-order valence-electron chi connectivity index (χ3n) is 1.50. The van der Waals surface area contributed by atoms with Crippen molar-refractivity contribution >= 4 is 14.5 Å². The van der Waals surface area contributed by atoms with Gasteiger partial charge in [-0.25, -0.2) is 0 Å². The Bertz CT molecular complexity index is 201. The molecule has 0 unspecified atom stereocenters. The van der Waals surface area contributed by atoms with Crippen LogP contribution in [0.25, 0.3) is 0 Å². The maximum atomic E-state index is 5.20. The zero-order chi connectivity index (χ0) is 8.10. The second-order valence-corrected chi connectivity index (χ2v) is 4.49. The van der Waals surface area contributed by atoms with Crippen LogP contribution in [-0.2, 0) is 8.85 Å². The molecule has 0 heterocycles. The molecule has 11 heavy (non-hydrogen) atoms. The van der Waals surface area contributed by atoms with E-state index in [9.17, 15) is 0 Å². The first-order valence-corrected chi connectivity index (χ1v) is 5.01. The Kier molecular flexibility index (Phi) is 3.29. The minimum atomic E-state index is -1.55. The van der Waals surface area contributed by atoms with Gasteiger partial charge in [-0.05, 0) is 5.19 Å². The van der Waals surface area contributed by atoms with Crippen LogP contribution in [0, 0.1) is 0 Å². The SMILES string of the molecule is CO[SiH](OC)c1ccccc1.[H+]. The van der Waals surface area contributed by atoms with Crippen LogP contribution < -0.4 is 5.19 Å². The third-order valence-corrected chi connectivity index (χ3v) is 3.29. The molecule has 3 heteroatoms. The smallest absolute Gasteiger partial charge is 0.397 e. The Hall–Kier alpha value is -0.643. The molecule has 60 valence electrons. The summed E-state index contributed by atoms with van der Waals surface area (Å²) in [4.78, 5) is 0. The first-order valence-electron chi connectivity index (χ1n) is 3.49. The molecule has 0 aromatic heterocycles. The monoisotopic (exact) mass is 169 g/mol. The Morgan fingerprint density at radius 1 is 1.09 bits per heavy atom. The third kappa shape index (κ3) is 2.15. The van der Waals surface area contributed by atoms with Gasteiger partial charge in [0.05, 0.1) is 0 Å². The van der Waals surface area contributed by atoms with Gasteiger partial charge in [0, 0.05) is 14.2 Å². The maximum absolute atomic E-state index is 5.20. The van der Waals surface area contributed by atoms with Gasteiger partial charge >= 0.3 is 10.7 Å². The lowest BCUT2D eigenvalue weighted by atomic mass is 10.4. The molecule has 1 aromatic rings. The van der Waals surface area contributed by atoms with Crippen LogP contribution in [0.3, 0.4) is 0 Å². The van der Waals surface area contributed by atoms with Crippen LogP contribution in [0.1, 0.15) is 1.43 Å². The largest absolute Gasteiger partial charge is 1.00 e. The van der Waals surface area contributed by atoms with E-state index >= 15 is 0 Å². The molecule has 0 amide bonds. The summed E-state index contributed by atoms with van der Waals surface area (Å²) in [5.74, 6) is 0. The van der Waals surface area contributed by atoms with Crippen LogP contribution in [0.15, 0.2) is 30.3 Å². The van der Waals surface area contributed by atoms with Crippen molar-refractivity contribution < 1.29 is 10.3 Å². The lowest BCUT2D eigenvalue weighted by Gasteiger charge is -2.09. The molecule has 0 saturated heterocycles. The molecular formula is C8H13O2Si+. The van der Waals surface area contributed by atoms with E-state index in [0.717, 1.165) is 0 Å². The van der Waals surface area contributed by atoms with E-state index in [0.29, 0.717) is 0 Å². The Balaban J connectivity index is 0.00000121. The van der Waals surface area contributed by atoms with Crippen molar-refractivity contribution in [2.75, 3.05) is 14.2 Å².